The maximum atomic E-state index is 12.6. The van der Waals surface area contributed by atoms with Gasteiger partial charge in [-0.15, -0.1) is 0 Å². The predicted octanol–water partition coefficient (Wildman–Crippen LogP) is 3.37. The molecule has 0 aliphatic heterocycles. The Kier molecular flexibility index (Phi) is 7.20. The summed E-state index contributed by atoms with van der Waals surface area (Å²) >= 11 is 0. The average molecular weight is 358 g/mol. The second-order valence-electron chi connectivity index (χ2n) is 5.75. The van der Waals surface area contributed by atoms with Gasteiger partial charge in [0.1, 0.15) is 5.69 Å². The van der Waals surface area contributed by atoms with E-state index in [0.29, 0.717) is 28.8 Å². The lowest BCUT2D eigenvalue weighted by Crippen LogP contribution is -2.27. The molecule has 2 rings (SSSR count). The molecule has 0 saturated heterocycles. The summed E-state index contributed by atoms with van der Waals surface area (Å²) in [7, 11) is 3.12. The van der Waals surface area contributed by atoms with Gasteiger partial charge in [-0.2, -0.15) is 0 Å². The van der Waals surface area contributed by atoms with Crippen LogP contribution in [0.1, 0.15) is 37.2 Å². The number of aromatic nitrogens is 2. The molecule has 7 nitrogen and oxygen atoms in total. The van der Waals surface area contributed by atoms with E-state index in [2.05, 4.69) is 34.0 Å². The monoisotopic (exact) mass is 358 g/mol. The van der Waals surface area contributed by atoms with E-state index in [-0.39, 0.29) is 5.91 Å². The van der Waals surface area contributed by atoms with Crippen molar-refractivity contribution in [3.05, 3.63) is 36.2 Å². The Bertz CT molecular complexity index is 730. The van der Waals surface area contributed by atoms with Crippen molar-refractivity contribution in [2.24, 2.45) is 0 Å². The number of rotatable bonds is 9. The van der Waals surface area contributed by atoms with Crippen LogP contribution in [-0.4, -0.2) is 43.2 Å². The molecular formula is C19H26N4O3. The fourth-order valence-electron chi connectivity index (χ4n) is 2.59. The fraction of sp³-hybridized carbons (Fsp3) is 0.421. The number of amides is 1. The van der Waals surface area contributed by atoms with Gasteiger partial charge in [0.15, 0.2) is 11.5 Å². The van der Waals surface area contributed by atoms with Crippen molar-refractivity contribution < 1.29 is 14.3 Å². The topological polar surface area (TPSA) is 76.6 Å². The normalized spacial score (nSPS) is 10.3. The highest BCUT2D eigenvalue weighted by molar-refractivity contribution is 6.03. The summed E-state index contributed by atoms with van der Waals surface area (Å²) in [6.07, 6.45) is 3.60. The van der Waals surface area contributed by atoms with Crippen LogP contribution in [0.3, 0.4) is 0 Å². The number of nitrogens with one attached hydrogen (secondary N) is 1. The Balaban J connectivity index is 2.18. The lowest BCUT2D eigenvalue weighted by molar-refractivity contribution is 0.102. The summed E-state index contributed by atoms with van der Waals surface area (Å²) < 4.78 is 10.5. The second kappa shape index (κ2) is 9.60. The lowest BCUT2D eigenvalue weighted by Gasteiger charge is -2.21. The standard InChI is InChI=1S/C19H26N4O3/c1-5-11-23(12-6-2)19-20-10-9-15(22-19)18(24)21-14-7-8-16(25-3)17(13-14)26-4/h7-10,13H,5-6,11-12H2,1-4H3,(H,21,24). The van der Waals surface area contributed by atoms with Gasteiger partial charge in [0.25, 0.3) is 5.91 Å². The summed E-state index contributed by atoms with van der Waals surface area (Å²) in [4.78, 5) is 23.4. The third-order valence-electron chi connectivity index (χ3n) is 3.79. The molecule has 0 aliphatic rings. The molecule has 0 unspecified atom stereocenters. The first-order chi connectivity index (χ1) is 12.6. The van der Waals surface area contributed by atoms with E-state index in [0.717, 1.165) is 25.9 Å². The SMILES string of the molecule is CCCN(CCC)c1nccc(C(=O)Nc2ccc(OC)c(OC)c2)n1. The van der Waals surface area contributed by atoms with Crippen molar-refractivity contribution in [1.29, 1.82) is 0 Å². The van der Waals surface area contributed by atoms with Crippen molar-refractivity contribution in [1.82, 2.24) is 9.97 Å². The molecule has 7 heteroatoms. The number of hydrogen-bond donors (Lipinski definition) is 1. The molecule has 0 saturated carbocycles. The molecule has 0 atom stereocenters. The van der Waals surface area contributed by atoms with Crippen LogP contribution in [0, 0.1) is 0 Å². The summed E-state index contributed by atoms with van der Waals surface area (Å²) in [6.45, 7) is 5.93. The number of ether oxygens (including phenoxy) is 2. The van der Waals surface area contributed by atoms with Crippen LogP contribution >= 0.6 is 0 Å². The molecule has 0 aliphatic carbocycles. The van der Waals surface area contributed by atoms with Crippen molar-refractivity contribution in [2.45, 2.75) is 26.7 Å². The zero-order valence-corrected chi connectivity index (χ0v) is 15.8. The predicted molar refractivity (Wildman–Crippen MR) is 102 cm³/mol. The molecule has 1 aromatic heterocycles. The van der Waals surface area contributed by atoms with Crippen molar-refractivity contribution >= 4 is 17.5 Å². The van der Waals surface area contributed by atoms with E-state index in [4.69, 9.17) is 9.47 Å². The molecule has 0 radical (unpaired) electrons. The number of methoxy groups -OCH3 is 2. The molecule has 1 amide bonds. The summed E-state index contributed by atoms with van der Waals surface area (Å²) in [5.74, 6) is 1.43. The molecule has 26 heavy (non-hydrogen) atoms. The second-order valence-corrected chi connectivity index (χ2v) is 5.75. The van der Waals surface area contributed by atoms with Crippen LogP contribution in [-0.2, 0) is 0 Å². The molecule has 140 valence electrons. The largest absolute Gasteiger partial charge is 0.493 e. The van der Waals surface area contributed by atoms with Crippen molar-refractivity contribution in [2.75, 3.05) is 37.5 Å². The zero-order valence-electron chi connectivity index (χ0n) is 15.8. The molecule has 0 bridgehead atoms. The van der Waals surface area contributed by atoms with Crippen molar-refractivity contribution in [3.63, 3.8) is 0 Å². The summed E-state index contributed by atoms with van der Waals surface area (Å²) in [5, 5.41) is 2.83. The van der Waals surface area contributed by atoms with E-state index in [1.54, 1.807) is 44.7 Å². The molecule has 0 fully saturated rings. The third kappa shape index (κ3) is 4.84. The van der Waals surface area contributed by atoms with Gasteiger partial charge in [-0.1, -0.05) is 13.8 Å². The molecule has 1 aromatic carbocycles. The minimum absolute atomic E-state index is 0.297. The van der Waals surface area contributed by atoms with Gasteiger partial charge in [0.2, 0.25) is 5.95 Å². The minimum atomic E-state index is -0.297. The van der Waals surface area contributed by atoms with E-state index < -0.39 is 0 Å². The average Bonchev–Trinajstić information content (AvgIpc) is 2.67. The molecule has 0 spiro atoms. The van der Waals surface area contributed by atoms with Gasteiger partial charge in [-0.3, -0.25) is 4.79 Å². The summed E-state index contributed by atoms with van der Waals surface area (Å²) in [5.41, 5.74) is 0.925. The van der Waals surface area contributed by atoms with Crippen LogP contribution in [0.15, 0.2) is 30.5 Å². The Hall–Kier alpha value is -2.83. The van der Waals surface area contributed by atoms with Gasteiger partial charge < -0.3 is 19.7 Å². The Morgan fingerprint density at radius 1 is 1.08 bits per heavy atom. The van der Waals surface area contributed by atoms with Gasteiger partial charge in [-0.25, -0.2) is 9.97 Å². The number of anilines is 2. The fourth-order valence-corrected chi connectivity index (χ4v) is 2.59. The first kappa shape index (κ1) is 19.5. The Morgan fingerprint density at radius 3 is 2.38 bits per heavy atom. The van der Waals surface area contributed by atoms with E-state index in [1.165, 1.54) is 0 Å². The van der Waals surface area contributed by atoms with Crippen molar-refractivity contribution in [3.8, 4) is 11.5 Å². The maximum absolute atomic E-state index is 12.6. The molecule has 1 heterocycles. The maximum Gasteiger partial charge on any atom is 0.274 e. The smallest absolute Gasteiger partial charge is 0.274 e. The van der Waals surface area contributed by atoms with Crippen LogP contribution < -0.4 is 19.7 Å². The Labute approximate surface area is 154 Å². The van der Waals surface area contributed by atoms with Crippen LogP contribution in [0.25, 0.3) is 0 Å². The van der Waals surface area contributed by atoms with E-state index in [9.17, 15) is 4.79 Å². The first-order valence-electron chi connectivity index (χ1n) is 8.74. The van der Waals surface area contributed by atoms with Gasteiger partial charge in [0, 0.05) is 31.0 Å². The lowest BCUT2D eigenvalue weighted by atomic mass is 10.2. The summed E-state index contributed by atoms with van der Waals surface area (Å²) in [6, 6.07) is 6.81. The van der Waals surface area contributed by atoms with Crippen LogP contribution in [0.5, 0.6) is 11.5 Å². The number of carbonyl (C=O) groups is 1. The number of nitrogens with zero attached hydrogens (tertiary/aromatic N) is 3. The van der Waals surface area contributed by atoms with Gasteiger partial charge in [-0.05, 0) is 31.0 Å². The molecule has 1 N–H and O–H groups in total. The molecular weight excluding hydrogens is 332 g/mol. The van der Waals surface area contributed by atoms with Gasteiger partial charge >= 0.3 is 0 Å². The zero-order chi connectivity index (χ0) is 18.9. The minimum Gasteiger partial charge on any atom is -0.493 e. The number of carbonyl (C=O) groups excluding carboxylic acids is 1. The number of hydrogen-bond acceptors (Lipinski definition) is 6. The van der Waals surface area contributed by atoms with E-state index >= 15 is 0 Å². The highest BCUT2D eigenvalue weighted by Gasteiger charge is 2.14. The highest BCUT2D eigenvalue weighted by atomic mass is 16.5. The van der Waals surface area contributed by atoms with Crippen LogP contribution in [0.2, 0.25) is 0 Å². The highest BCUT2D eigenvalue weighted by Crippen LogP contribution is 2.29. The molecule has 2 aromatic rings. The Morgan fingerprint density at radius 2 is 1.77 bits per heavy atom. The third-order valence-corrected chi connectivity index (χ3v) is 3.79. The van der Waals surface area contributed by atoms with Crippen LogP contribution in [0.4, 0.5) is 11.6 Å². The van der Waals surface area contributed by atoms with Gasteiger partial charge in [0.05, 0.1) is 14.2 Å². The quantitative estimate of drug-likeness (QED) is 0.741. The first-order valence-corrected chi connectivity index (χ1v) is 8.74. The van der Waals surface area contributed by atoms with E-state index in [1.807, 2.05) is 0 Å². The number of benzene rings is 1.